The average molecular weight is 202 g/mol. The molecule has 1 amide bonds. The summed E-state index contributed by atoms with van der Waals surface area (Å²) in [5, 5.41) is 6.04. The Balaban J connectivity index is 1.89. The third-order valence-corrected chi connectivity index (χ3v) is 2.92. The van der Waals surface area contributed by atoms with Gasteiger partial charge >= 0.3 is 0 Å². The normalized spacial score (nSPS) is 16.7. The lowest BCUT2D eigenvalue weighted by Gasteiger charge is -2.25. The fourth-order valence-corrected chi connectivity index (χ4v) is 1.69. The summed E-state index contributed by atoms with van der Waals surface area (Å²) in [6.45, 7) is 2.56. The molecule has 0 bridgehead atoms. The van der Waals surface area contributed by atoms with Gasteiger partial charge in [0.15, 0.2) is 0 Å². The van der Waals surface area contributed by atoms with Crippen molar-refractivity contribution in [1.82, 2.24) is 10.6 Å². The highest BCUT2D eigenvalue weighted by molar-refractivity contribution is 7.98. The Kier molecular flexibility index (Phi) is 5.23. The van der Waals surface area contributed by atoms with Crippen molar-refractivity contribution >= 4 is 17.7 Å². The summed E-state index contributed by atoms with van der Waals surface area (Å²) in [5.74, 6) is 1.66. The van der Waals surface area contributed by atoms with Crippen molar-refractivity contribution in [2.24, 2.45) is 5.92 Å². The summed E-state index contributed by atoms with van der Waals surface area (Å²) in [4.78, 5) is 11.3. The summed E-state index contributed by atoms with van der Waals surface area (Å²) >= 11 is 1.86. The van der Waals surface area contributed by atoms with Crippen molar-refractivity contribution in [3.63, 3.8) is 0 Å². The highest BCUT2D eigenvalue weighted by atomic mass is 32.2. The van der Waals surface area contributed by atoms with Crippen LogP contribution in [0.1, 0.15) is 12.8 Å². The van der Waals surface area contributed by atoms with Gasteiger partial charge in [0.25, 0.3) is 0 Å². The van der Waals surface area contributed by atoms with Crippen LogP contribution in [0, 0.1) is 5.92 Å². The van der Waals surface area contributed by atoms with Crippen molar-refractivity contribution in [1.29, 1.82) is 0 Å². The monoisotopic (exact) mass is 202 g/mol. The largest absolute Gasteiger partial charge is 0.356 e. The molecule has 76 valence electrons. The molecule has 13 heavy (non-hydrogen) atoms. The number of thioether (sulfide) groups is 1. The SMILES string of the molecule is CSCCCCNC(=O)C1CNC1. The van der Waals surface area contributed by atoms with Crippen LogP contribution in [0.25, 0.3) is 0 Å². The van der Waals surface area contributed by atoms with Crippen molar-refractivity contribution in [2.45, 2.75) is 12.8 Å². The highest BCUT2D eigenvalue weighted by Crippen LogP contribution is 2.02. The first kappa shape index (κ1) is 10.9. The van der Waals surface area contributed by atoms with Gasteiger partial charge in [0.2, 0.25) is 5.91 Å². The molecule has 0 radical (unpaired) electrons. The molecule has 1 aliphatic rings. The first-order chi connectivity index (χ1) is 6.34. The van der Waals surface area contributed by atoms with Crippen LogP contribution in [0.15, 0.2) is 0 Å². The standard InChI is InChI=1S/C9H18N2OS/c1-13-5-3-2-4-11-9(12)8-6-10-7-8/h8,10H,2-7H2,1H3,(H,11,12). The summed E-state index contributed by atoms with van der Waals surface area (Å²) in [5.41, 5.74) is 0. The maximum Gasteiger partial charge on any atom is 0.225 e. The average Bonchev–Trinajstić information content (AvgIpc) is 2.01. The molecule has 1 aliphatic heterocycles. The quantitative estimate of drug-likeness (QED) is 0.615. The zero-order chi connectivity index (χ0) is 9.52. The van der Waals surface area contributed by atoms with Crippen LogP contribution < -0.4 is 10.6 Å². The van der Waals surface area contributed by atoms with Crippen LogP contribution in [0.4, 0.5) is 0 Å². The third kappa shape index (κ3) is 4.00. The van der Waals surface area contributed by atoms with E-state index >= 15 is 0 Å². The molecule has 1 fully saturated rings. The Labute approximate surface area is 84.0 Å². The van der Waals surface area contributed by atoms with E-state index in [1.54, 1.807) is 0 Å². The smallest absolute Gasteiger partial charge is 0.225 e. The number of rotatable bonds is 6. The van der Waals surface area contributed by atoms with Gasteiger partial charge in [0, 0.05) is 19.6 Å². The van der Waals surface area contributed by atoms with Gasteiger partial charge in [-0.25, -0.2) is 0 Å². The molecular weight excluding hydrogens is 184 g/mol. The van der Waals surface area contributed by atoms with E-state index < -0.39 is 0 Å². The summed E-state index contributed by atoms with van der Waals surface area (Å²) in [6.07, 6.45) is 4.41. The van der Waals surface area contributed by atoms with Gasteiger partial charge in [-0.2, -0.15) is 11.8 Å². The Morgan fingerprint density at radius 3 is 2.85 bits per heavy atom. The van der Waals surface area contributed by atoms with Gasteiger partial charge < -0.3 is 10.6 Å². The lowest BCUT2D eigenvalue weighted by atomic mass is 10.0. The van der Waals surface area contributed by atoms with Crippen molar-refractivity contribution < 1.29 is 4.79 Å². The van der Waals surface area contributed by atoms with Gasteiger partial charge in [0.05, 0.1) is 5.92 Å². The zero-order valence-electron chi connectivity index (χ0n) is 8.14. The maximum absolute atomic E-state index is 11.3. The van der Waals surface area contributed by atoms with Crippen LogP contribution in [0.2, 0.25) is 0 Å². The number of hydrogen-bond donors (Lipinski definition) is 2. The topological polar surface area (TPSA) is 41.1 Å². The van der Waals surface area contributed by atoms with E-state index in [-0.39, 0.29) is 11.8 Å². The molecule has 0 aromatic rings. The minimum atomic E-state index is 0.225. The van der Waals surface area contributed by atoms with E-state index in [0.29, 0.717) is 0 Å². The predicted octanol–water partition coefficient (Wildman–Crippen LogP) is 0.465. The van der Waals surface area contributed by atoms with Gasteiger partial charge in [-0.3, -0.25) is 4.79 Å². The molecule has 0 unspecified atom stereocenters. The molecule has 0 spiro atoms. The van der Waals surface area contributed by atoms with Crippen LogP contribution in [-0.2, 0) is 4.79 Å². The van der Waals surface area contributed by atoms with E-state index in [2.05, 4.69) is 16.9 Å². The summed E-state index contributed by atoms with van der Waals surface area (Å²) in [7, 11) is 0. The maximum atomic E-state index is 11.3. The first-order valence-corrected chi connectivity index (χ1v) is 6.21. The molecule has 3 nitrogen and oxygen atoms in total. The minimum absolute atomic E-state index is 0.225. The molecule has 1 heterocycles. The fraction of sp³-hybridized carbons (Fsp3) is 0.889. The second-order valence-electron chi connectivity index (χ2n) is 3.35. The first-order valence-electron chi connectivity index (χ1n) is 4.82. The second kappa shape index (κ2) is 6.27. The van der Waals surface area contributed by atoms with E-state index in [0.717, 1.165) is 26.1 Å². The molecule has 4 heteroatoms. The second-order valence-corrected chi connectivity index (χ2v) is 4.33. The predicted molar refractivity (Wildman–Crippen MR) is 57.0 cm³/mol. The molecule has 0 atom stereocenters. The van der Waals surface area contributed by atoms with Gasteiger partial charge in [-0.05, 0) is 24.9 Å². The number of carbonyl (C=O) groups excluding carboxylic acids is 1. The van der Waals surface area contributed by atoms with Crippen LogP contribution in [0.5, 0.6) is 0 Å². The number of nitrogens with one attached hydrogen (secondary N) is 2. The number of unbranched alkanes of at least 4 members (excludes halogenated alkanes) is 1. The highest BCUT2D eigenvalue weighted by Gasteiger charge is 2.23. The molecular formula is C9H18N2OS. The Bertz CT molecular complexity index is 160. The van der Waals surface area contributed by atoms with E-state index in [1.807, 2.05) is 11.8 Å². The lowest BCUT2D eigenvalue weighted by molar-refractivity contribution is -0.126. The molecule has 1 saturated heterocycles. The van der Waals surface area contributed by atoms with E-state index in [4.69, 9.17) is 0 Å². The molecule has 0 aromatic heterocycles. The Hall–Kier alpha value is -0.220. The van der Waals surface area contributed by atoms with E-state index in [1.165, 1.54) is 12.2 Å². The molecule has 2 N–H and O–H groups in total. The summed E-state index contributed by atoms with van der Waals surface area (Å²) < 4.78 is 0. The number of carbonyl (C=O) groups is 1. The van der Waals surface area contributed by atoms with E-state index in [9.17, 15) is 4.79 Å². The number of hydrogen-bond acceptors (Lipinski definition) is 3. The molecule has 1 rings (SSSR count). The third-order valence-electron chi connectivity index (χ3n) is 2.23. The van der Waals surface area contributed by atoms with Crippen LogP contribution in [0.3, 0.4) is 0 Å². The van der Waals surface area contributed by atoms with Crippen molar-refractivity contribution in [3.05, 3.63) is 0 Å². The zero-order valence-corrected chi connectivity index (χ0v) is 8.95. The van der Waals surface area contributed by atoms with Crippen molar-refractivity contribution in [3.8, 4) is 0 Å². The van der Waals surface area contributed by atoms with Gasteiger partial charge in [0.1, 0.15) is 0 Å². The fourth-order valence-electron chi connectivity index (χ4n) is 1.20. The summed E-state index contributed by atoms with van der Waals surface area (Å²) in [6, 6.07) is 0. The number of amides is 1. The van der Waals surface area contributed by atoms with Gasteiger partial charge in [-0.15, -0.1) is 0 Å². The Morgan fingerprint density at radius 1 is 1.54 bits per heavy atom. The van der Waals surface area contributed by atoms with Crippen molar-refractivity contribution in [2.75, 3.05) is 31.6 Å². The van der Waals surface area contributed by atoms with Crippen LogP contribution >= 0.6 is 11.8 Å². The molecule has 0 aliphatic carbocycles. The lowest BCUT2D eigenvalue weighted by Crippen LogP contribution is -2.50. The Morgan fingerprint density at radius 2 is 2.31 bits per heavy atom. The van der Waals surface area contributed by atoms with Gasteiger partial charge in [-0.1, -0.05) is 0 Å². The molecule has 0 saturated carbocycles. The minimum Gasteiger partial charge on any atom is -0.356 e. The molecule has 0 aromatic carbocycles. The van der Waals surface area contributed by atoms with Crippen LogP contribution in [-0.4, -0.2) is 37.6 Å².